The quantitative estimate of drug-likeness (QED) is 0.895. The fourth-order valence-electron chi connectivity index (χ4n) is 2.39. The van der Waals surface area contributed by atoms with Gasteiger partial charge in [0.15, 0.2) is 0 Å². The highest BCUT2D eigenvalue weighted by atomic mass is 15.2. The molecule has 102 valence electrons. The minimum Gasteiger partial charge on any atom is -0.310 e. The summed E-state index contributed by atoms with van der Waals surface area (Å²) >= 11 is 0. The normalized spacial score (nSPS) is 12.6. The lowest BCUT2D eigenvalue weighted by molar-refractivity contribution is 0.535. The fraction of sp³-hybridized carbons (Fsp3) is 0.467. The van der Waals surface area contributed by atoms with Gasteiger partial charge in [-0.1, -0.05) is 13.0 Å². The van der Waals surface area contributed by atoms with Crippen LogP contribution in [0.4, 0.5) is 0 Å². The number of aryl methyl sites for hydroxylation is 3. The second kappa shape index (κ2) is 5.97. The molecule has 1 N–H and O–H groups in total. The standard InChI is InChI=1S/C15H22N4/c1-5-16-15(10-13-8-9-19(4)18-13)14-7-6-11(2)17-12(14)3/h6-9,15-16H,5,10H2,1-4H3. The summed E-state index contributed by atoms with van der Waals surface area (Å²) in [5.74, 6) is 0. The van der Waals surface area contributed by atoms with E-state index in [4.69, 9.17) is 0 Å². The molecule has 4 heteroatoms. The highest BCUT2D eigenvalue weighted by Crippen LogP contribution is 2.20. The van der Waals surface area contributed by atoms with Gasteiger partial charge in [-0.05, 0) is 38.1 Å². The van der Waals surface area contributed by atoms with Gasteiger partial charge in [-0.15, -0.1) is 0 Å². The molecule has 0 amide bonds. The Bertz CT molecular complexity index is 545. The molecule has 2 aromatic heterocycles. The molecule has 19 heavy (non-hydrogen) atoms. The van der Waals surface area contributed by atoms with Crippen molar-refractivity contribution in [1.29, 1.82) is 0 Å². The van der Waals surface area contributed by atoms with Crippen molar-refractivity contribution < 1.29 is 0 Å². The number of hydrogen-bond acceptors (Lipinski definition) is 3. The predicted molar refractivity (Wildman–Crippen MR) is 77.0 cm³/mol. The van der Waals surface area contributed by atoms with Crippen molar-refractivity contribution in [2.24, 2.45) is 7.05 Å². The smallest absolute Gasteiger partial charge is 0.0643 e. The molecular weight excluding hydrogens is 236 g/mol. The molecule has 0 aromatic carbocycles. The lowest BCUT2D eigenvalue weighted by atomic mass is 10.0. The van der Waals surface area contributed by atoms with E-state index in [9.17, 15) is 0 Å². The van der Waals surface area contributed by atoms with Gasteiger partial charge in [0.2, 0.25) is 0 Å². The van der Waals surface area contributed by atoms with E-state index in [1.165, 1.54) is 5.56 Å². The molecular formula is C15H22N4. The Morgan fingerprint density at radius 2 is 2.05 bits per heavy atom. The topological polar surface area (TPSA) is 42.7 Å². The highest BCUT2D eigenvalue weighted by molar-refractivity contribution is 5.26. The van der Waals surface area contributed by atoms with Crippen LogP contribution in [0.1, 0.15) is 35.6 Å². The number of nitrogens with one attached hydrogen (secondary N) is 1. The van der Waals surface area contributed by atoms with Crippen molar-refractivity contribution in [2.45, 2.75) is 33.2 Å². The summed E-state index contributed by atoms with van der Waals surface area (Å²) < 4.78 is 1.85. The van der Waals surface area contributed by atoms with Crippen molar-refractivity contribution in [2.75, 3.05) is 6.54 Å². The first-order valence-corrected chi connectivity index (χ1v) is 6.76. The second-order valence-electron chi connectivity index (χ2n) is 4.92. The van der Waals surface area contributed by atoms with E-state index in [0.717, 1.165) is 30.0 Å². The van der Waals surface area contributed by atoms with Crippen LogP contribution in [0.5, 0.6) is 0 Å². The van der Waals surface area contributed by atoms with Crippen LogP contribution >= 0.6 is 0 Å². The Hall–Kier alpha value is -1.68. The van der Waals surface area contributed by atoms with Gasteiger partial charge in [0.25, 0.3) is 0 Å². The van der Waals surface area contributed by atoms with Gasteiger partial charge in [-0.2, -0.15) is 5.10 Å². The van der Waals surface area contributed by atoms with Crippen molar-refractivity contribution in [1.82, 2.24) is 20.1 Å². The number of nitrogens with zero attached hydrogens (tertiary/aromatic N) is 3. The van der Waals surface area contributed by atoms with Crippen LogP contribution < -0.4 is 5.32 Å². The summed E-state index contributed by atoms with van der Waals surface area (Å²) in [7, 11) is 1.95. The Morgan fingerprint density at radius 1 is 1.26 bits per heavy atom. The molecule has 2 heterocycles. The molecule has 1 unspecified atom stereocenters. The summed E-state index contributed by atoms with van der Waals surface area (Å²) in [5.41, 5.74) is 4.53. The fourth-order valence-corrected chi connectivity index (χ4v) is 2.39. The van der Waals surface area contributed by atoms with Crippen LogP contribution in [-0.4, -0.2) is 21.3 Å². The molecule has 0 aliphatic carbocycles. The van der Waals surface area contributed by atoms with Gasteiger partial charge < -0.3 is 5.32 Å². The highest BCUT2D eigenvalue weighted by Gasteiger charge is 2.15. The van der Waals surface area contributed by atoms with Crippen molar-refractivity contribution in [3.05, 3.63) is 47.0 Å². The van der Waals surface area contributed by atoms with Crippen molar-refractivity contribution >= 4 is 0 Å². The summed E-state index contributed by atoms with van der Waals surface area (Å²) in [6, 6.07) is 6.59. The minimum atomic E-state index is 0.271. The molecule has 0 bridgehead atoms. The first-order valence-electron chi connectivity index (χ1n) is 6.76. The second-order valence-corrected chi connectivity index (χ2v) is 4.92. The van der Waals surface area contributed by atoms with Gasteiger partial charge in [0.1, 0.15) is 0 Å². The Labute approximate surface area is 114 Å². The van der Waals surface area contributed by atoms with Crippen molar-refractivity contribution in [3.63, 3.8) is 0 Å². The van der Waals surface area contributed by atoms with E-state index >= 15 is 0 Å². The maximum absolute atomic E-state index is 4.56. The zero-order chi connectivity index (χ0) is 13.8. The van der Waals surface area contributed by atoms with E-state index < -0.39 is 0 Å². The van der Waals surface area contributed by atoms with Gasteiger partial charge >= 0.3 is 0 Å². The molecule has 2 rings (SSSR count). The molecule has 0 spiro atoms. The predicted octanol–water partition coefficient (Wildman–Crippen LogP) is 2.33. The molecule has 0 aliphatic heterocycles. The Morgan fingerprint density at radius 3 is 2.63 bits per heavy atom. The van der Waals surface area contributed by atoms with E-state index in [0.29, 0.717) is 0 Å². The molecule has 0 fully saturated rings. The zero-order valence-corrected chi connectivity index (χ0v) is 12.1. The molecule has 0 saturated carbocycles. The van der Waals surface area contributed by atoms with Crippen LogP contribution in [0, 0.1) is 13.8 Å². The van der Waals surface area contributed by atoms with Crippen molar-refractivity contribution in [3.8, 4) is 0 Å². The minimum absolute atomic E-state index is 0.271. The van der Waals surface area contributed by atoms with E-state index in [2.05, 4.69) is 47.4 Å². The average Bonchev–Trinajstić information content (AvgIpc) is 2.74. The molecule has 0 saturated heterocycles. The number of hydrogen-bond donors (Lipinski definition) is 1. The third kappa shape index (κ3) is 3.41. The summed E-state index contributed by atoms with van der Waals surface area (Å²) in [6.07, 6.45) is 2.87. The maximum Gasteiger partial charge on any atom is 0.0643 e. The molecule has 4 nitrogen and oxygen atoms in total. The molecule has 0 aliphatic rings. The lowest BCUT2D eigenvalue weighted by Gasteiger charge is -2.19. The third-order valence-corrected chi connectivity index (χ3v) is 3.27. The SMILES string of the molecule is CCNC(Cc1ccn(C)n1)c1ccc(C)nc1C. The first kappa shape index (κ1) is 13.7. The number of pyridine rings is 1. The summed E-state index contributed by atoms with van der Waals surface area (Å²) in [5, 5.41) is 7.99. The van der Waals surface area contributed by atoms with Gasteiger partial charge in [-0.25, -0.2) is 0 Å². The van der Waals surface area contributed by atoms with Gasteiger partial charge in [-0.3, -0.25) is 9.67 Å². The zero-order valence-electron chi connectivity index (χ0n) is 12.1. The summed E-state index contributed by atoms with van der Waals surface area (Å²) in [6.45, 7) is 7.16. The van der Waals surface area contributed by atoms with E-state index in [-0.39, 0.29) is 6.04 Å². The monoisotopic (exact) mass is 258 g/mol. The van der Waals surface area contributed by atoms with Gasteiger partial charge in [0.05, 0.1) is 5.69 Å². The summed E-state index contributed by atoms with van der Waals surface area (Å²) in [4.78, 5) is 4.56. The largest absolute Gasteiger partial charge is 0.310 e. The van der Waals surface area contributed by atoms with Gasteiger partial charge in [0, 0.05) is 37.1 Å². The number of aromatic nitrogens is 3. The van der Waals surface area contributed by atoms with Crippen LogP contribution in [0.15, 0.2) is 24.4 Å². The Balaban J connectivity index is 2.23. The lowest BCUT2D eigenvalue weighted by Crippen LogP contribution is -2.24. The first-order chi connectivity index (χ1) is 9.10. The van der Waals surface area contributed by atoms with Crippen LogP contribution in [0.2, 0.25) is 0 Å². The molecule has 2 aromatic rings. The maximum atomic E-state index is 4.56. The van der Waals surface area contributed by atoms with E-state index in [1.807, 2.05) is 24.9 Å². The van der Waals surface area contributed by atoms with Crippen LogP contribution in [0.25, 0.3) is 0 Å². The number of likely N-dealkylation sites (N-methyl/N-ethyl adjacent to an activating group) is 1. The Kier molecular flexibility index (Phi) is 4.32. The third-order valence-electron chi connectivity index (χ3n) is 3.27. The number of rotatable bonds is 5. The van der Waals surface area contributed by atoms with Crippen LogP contribution in [0.3, 0.4) is 0 Å². The van der Waals surface area contributed by atoms with E-state index in [1.54, 1.807) is 0 Å². The average molecular weight is 258 g/mol. The molecule has 0 radical (unpaired) electrons. The molecule has 1 atom stereocenters. The van der Waals surface area contributed by atoms with Crippen LogP contribution in [-0.2, 0) is 13.5 Å².